The molecular formula is C27H19F7I2. The van der Waals surface area contributed by atoms with Crippen molar-refractivity contribution in [2.45, 2.75) is 36.5 Å². The fourth-order valence-electron chi connectivity index (χ4n) is 5.11. The van der Waals surface area contributed by atoms with Gasteiger partial charge in [0.05, 0.1) is 0 Å². The topological polar surface area (TPSA) is 0 Å². The molecule has 1 aliphatic heterocycles. The molecule has 1 aliphatic carbocycles. The number of aryl methyl sites for hydroxylation is 1. The third-order valence-electron chi connectivity index (χ3n) is 6.68. The molecule has 0 saturated heterocycles. The molecule has 0 amide bonds. The van der Waals surface area contributed by atoms with Crippen molar-refractivity contribution in [1.29, 1.82) is 0 Å². The maximum atomic E-state index is 14.6. The van der Waals surface area contributed by atoms with Crippen LogP contribution in [0.15, 0.2) is 42.5 Å². The van der Waals surface area contributed by atoms with Gasteiger partial charge in [0.25, 0.3) is 0 Å². The van der Waals surface area contributed by atoms with Crippen molar-refractivity contribution in [3.63, 3.8) is 0 Å². The van der Waals surface area contributed by atoms with Gasteiger partial charge in [0.1, 0.15) is 0 Å². The van der Waals surface area contributed by atoms with Crippen LogP contribution in [-0.2, 0) is 29.6 Å². The quantitative estimate of drug-likeness (QED) is 0.101. The van der Waals surface area contributed by atoms with Crippen molar-refractivity contribution in [1.82, 2.24) is 0 Å². The van der Waals surface area contributed by atoms with Gasteiger partial charge in [-0.1, -0.05) is 0 Å². The summed E-state index contributed by atoms with van der Waals surface area (Å²) in [6.07, 6.45) is -5.37. The molecule has 0 nitrogen and oxygen atoms in total. The maximum absolute atomic E-state index is 14.6. The standard InChI is InChI=1S/C27H19F7I2/c1-13-7-8-18(24(35)23(13)28)17-10-9-16-19-11-14-5-3-4-6-15(14)22(27(32,33)34)25(19)36(2)12-20(16)21(17)26(29,30)31/h3-4,7-11H,5-6,12H2,1-2H3. The molecule has 0 saturated carbocycles. The van der Waals surface area contributed by atoms with Gasteiger partial charge >= 0.3 is 226 Å². The van der Waals surface area contributed by atoms with E-state index in [1.165, 1.54) is 31.2 Å². The van der Waals surface area contributed by atoms with Crippen LogP contribution in [0, 0.1) is 19.9 Å². The summed E-state index contributed by atoms with van der Waals surface area (Å²) in [5.74, 6) is -0.581. The molecule has 0 spiro atoms. The predicted molar refractivity (Wildman–Crippen MR) is 144 cm³/mol. The molecule has 3 aromatic rings. The first-order valence-electron chi connectivity index (χ1n) is 11.0. The molecule has 0 atom stereocenters. The van der Waals surface area contributed by atoms with Gasteiger partial charge in [0, 0.05) is 0 Å². The van der Waals surface area contributed by atoms with Crippen LogP contribution in [-0.4, -0.2) is 4.93 Å². The summed E-state index contributed by atoms with van der Waals surface area (Å²) < 4.78 is 102. The van der Waals surface area contributed by atoms with Crippen molar-refractivity contribution in [3.05, 3.63) is 88.8 Å². The molecule has 0 unspecified atom stereocenters. The van der Waals surface area contributed by atoms with Crippen molar-refractivity contribution in [3.8, 4) is 22.3 Å². The van der Waals surface area contributed by atoms with E-state index in [4.69, 9.17) is 0 Å². The average Bonchev–Trinajstić information content (AvgIpc) is 2.79. The van der Waals surface area contributed by atoms with Gasteiger partial charge < -0.3 is 0 Å². The minimum absolute atomic E-state index is 0.0245. The number of allylic oxidation sites excluding steroid dienone is 2. The Balaban J connectivity index is 1.85. The molecule has 2 aliphatic rings. The Hall–Kier alpha value is -1.63. The molecule has 36 heavy (non-hydrogen) atoms. The van der Waals surface area contributed by atoms with Crippen LogP contribution in [0.1, 0.15) is 33.4 Å². The van der Waals surface area contributed by atoms with Gasteiger partial charge in [-0.3, -0.25) is 0 Å². The summed E-state index contributed by atoms with van der Waals surface area (Å²) in [7, 11) is 0. The number of rotatable bonds is 1. The zero-order chi connectivity index (χ0) is 26.2. The summed E-state index contributed by atoms with van der Waals surface area (Å²) in [6.45, 7) is 1.54. The minimum atomic E-state index is -4.76. The zero-order valence-electron chi connectivity index (χ0n) is 19.1. The summed E-state index contributed by atoms with van der Waals surface area (Å²) in [4.78, 5) is 1.70. The van der Waals surface area contributed by atoms with E-state index in [-0.39, 0.29) is 51.4 Å². The van der Waals surface area contributed by atoms with Gasteiger partial charge in [-0.25, -0.2) is 0 Å². The van der Waals surface area contributed by atoms with E-state index in [1.807, 2.05) is 0 Å². The van der Waals surface area contributed by atoms with Crippen LogP contribution in [0.25, 0.3) is 22.3 Å². The van der Waals surface area contributed by atoms with Crippen molar-refractivity contribution in [2.75, 3.05) is 4.93 Å². The van der Waals surface area contributed by atoms with Gasteiger partial charge in [-0.05, 0) is 0 Å². The second-order valence-electron chi connectivity index (χ2n) is 8.92. The third-order valence-corrected chi connectivity index (χ3v) is 12.6. The molecule has 9 heteroatoms. The molecule has 1 heterocycles. The van der Waals surface area contributed by atoms with E-state index in [0.717, 1.165) is 0 Å². The summed E-state index contributed by atoms with van der Waals surface area (Å²) in [5, 5.41) is 0. The Morgan fingerprint density at radius 2 is 1.39 bits per heavy atom. The number of halogens is 9. The van der Waals surface area contributed by atoms with E-state index in [0.29, 0.717) is 17.5 Å². The molecule has 0 bridgehead atoms. The molecule has 0 radical (unpaired) electrons. The van der Waals surface area contributed by atoms with Crippen LogP contribution in [0.2, 0.25) is 0 Å². The van der Waals surface area contributed by atoms with Crippen LogP contribution in [0.3, 0.4) is 0 Å². The fourth-order valence-corrected chi connectivity index (χ4v) is 11.3. The van der Waals surface area contributed by atoms with Crippen molar-refractivity contribution < 1.29 is 30.7 Å². The second kappa shape index (κ2) is 8.99. The summed E-state index contributed by atoms with van der Waals surface area (Å²) >= 11 is -0.988. The van der Waals surface area contributed by atoms with Crippen LogP contribution in [0.4, 0.5) is 30.7 Å². The number of hydrogen-bond acceptors (Lipinski definition) is 0. The van der Waals surface area contributed by atoms with Gasteiger partial charge in [-0.15, -0.1) is 0 Å². The average molecular weight is 730 g/mol. The van der Waals surface area contributed by atoms with E-state index in [1.54, 1.807) is 45.7 Å². The zero-order valence-corrected chi connectivity index (χ0v) is 23.4. The SMILES string of the molecule is Cc1ccc(-c2ccc3c(c2C(F)(F)F)CI(C)c2c-3cc3c(c2C(F)(F)F)CC=CC3)c(I)c1F. The van der Waals surface area contributed by atoms with E-state index >= 15 is 0 Å². The normalized spacial score (nSPS) is 16.0. The van der Waals surface area contributed by atoms with Gasteiger partial charge in [0.15, 0.2) is 0 Å². The molecule has 190 valence electrons. The third kappa shape index (κ3) is 4.17. The Labute approximate surface area is 224 Å². The van der Waals surface area contributed by atoms with Crippen LogP contribution >= 0.6 is 42.4 Å². The second-order valence-corrected chi connectivity index (χ2v) is 15.2. The first kappa shape index (κ1) is 26.0. The van der Waals surface area contributed by atoms with Gasteiger partial charge in [-0.2, -0.15) is 0 Å². The van der Waals surface area contributed by atoms with Crippen LogP contribution < -0.4 is 0 Å². The van der Waals surface area contributed by atoms with Crippen LogP contribution in [0.5, 0.6) is 0 Å². The number of fused-ring (bicyclic) bond motifs is 4. The Bertz CT molecular complexity index is 1430. The van der Waals surface area contributed by atoms with E-state index in [2.05, 4.69) is 0 Å². The summed E-state index contributed by atoms with van der Waals surface area (Å²) in [5.41, 5.74) is 0.0289. The number of alkyl halides is 8. The Morgan fingerprint density at radius 1 is 0.778 bits per heavy atom. The Kier molecular flexibility index (Phi) is 6.49. The monoisotopic (exact) mass is 730 g/mol. The summed E-state index contributed by atoms with van der Waals surface area (Å²) in [6, 6.07) is 7.35. The van der Waals surface area contributed by atoms with E-state index < -0.39 is 49.1 Å². The van der Waals surface area contributed by atoms with E-state index in [9.17, 15) is 30.7 Å². The van der Waals surface area contributed by atoms with Crippen molar-refractivity contribution >= 4 is 42.4 Å². The Morgan fingerprint density at radius 3 is 2.06 bits per heavy atom. The molecule has 0 N–H and O–H groups in total. The molecule has 0 aromatic heterocycles. The molecule has 3 aromatic carbocycles. The van der Waals surface area contributed by atoms with Gasteiger partial charge in [0.2, 0.25) is 0 Å². The first-order valence-corrected chi connectivity index (χ1v) is 16.8. The molecule has 0 fully saturated rings. The molecular weight excluding hydrogens is 711 g/mol. The number of hydrogen-bond donors (Lipinski definition) is 0. The fraction of sp³-hybridized carbons (Fsp3) is 0.259. The van der Waals surface area contributed by atoms with Crippen molar-refractivity contribution in [2.24, 2.45) is 0 Å². The predicted octanol–water partition coefficient (Wildman–Crippen LogP) is 9.58. The molecule has 5 rings (SSSR count). The number of benzene rings is 3. The first-order chi connectivity index (χ1) is 16.8.